The summed E-state index contributed by atoms with van der Waals surface area (Å²) < 4.78 is 0. The fourth-order valence-electron chi connectivity index (χ4n) is 4.06. The molecule has 0 aromatic carbocycles. The Morgan fingerprint density at radius 3 is 2.56 bits per heavy atom. The van der Waals surface area contributed by atoms with Gasteiger partial charge in [0.05, 0.1) is 6.10 Å². The number of unbranched alkanes of at least 4 members (excludes halogenated alkanes) is 4. The largest absolute Gasteiger partial charge is 0.477 e. The zero-order valence-corrected chi connectivity index (χ0v) is 16.7. The van der Waals surface area contributed by atoms with E-state index in [1.165, 1.54) is 43.4 Å². The number of rotatable bonds is 11. The highest BCUT2D eigenvalue weighted by Crippen LogP contribution is 2.42. The molecule has 0 spiro atoms. The van der Waals surface area contributed by atoms with Gasteiger partial charge >= 0.3 is 5.97 Å². The first-order chi connectivity index (χ1) is 12.0. The Kier molecular flexibility index (Phi) is 8.74. The Morgan fingerprint density at radius 2 is 1.88 bits per heavy atom. The van der Waals surface area contributed by atoms with E-state index in [-0.39, 0.29) is 11.5 Å². The van der Waals surface area contributed by atoms with Crippen LogP contribution in [0, 0.1) is 11.8 Å². The van der Waals surface area contributed by atoms with E-state index in [1.807, 2.05) is 6.07 Å². The maximum atomic E-state index is 11.0. The van der Waals surface area contributed by atoms with Crippen LogP contribution in [0.3, 0.4) is 0 Å². The molecule has 0 bridgehead atoms. The number of halogens is 1. The summed E-state index contributed by atoms with van der Waals surface area (Å²) in [6.45, 7) is 2.22. The van der Waals surface area contributed by atoms with Crippen LogP contribution in [0.1, 0.15) is 79.3 Å². The molecule has 2 N–H and O–H groups in total. The van der Waals surface area contributed by atoms with Crippen LogP contribution in [-0.4, -0.2) is 27.7 Å². The highest BCUT2D eigenvalue weighted by Gasteiger charge is 2.40. The van der Waals surface area contributed by atoms with Crippen molar-refractivity contribution in [3.05, 3.63) is 21.9 Å². The van der Waals surface area contributed by atoms with Crippen molar-refractivity contribution in [3.63, 3.8) is 0 Å². The lowest BCUT2D eigenvalue weighted by atomic mass is 9.86. The highest BCUT2D eigenvalue weighted by molar-refractivity contribution is 7.13. The van der Waals surface area contributed by atoms with Crippen LogP contribution >= 0.6 is 22.9 Å². The summed E-state index contributed by atoms with van der Waals surface area (Å²) in [5, 5.41) is 19.4. The fourth-order valence-corrected chi connectivity index (χ4v) is 5.44. The second kappa shape index (κ2) is 10.5. The second-order valence-electron chi connectivity index (χ2n) is 7.31. The number of hydrogen-bond acceptors (Lipinski definition) is 3. The fraction of sp³-hybridized carbons (Fsp3) is 0.750. The van der Waals surface area contributed by atoms with E-state index in [1.54, 1.807) is 6.07 Å². The van der Waals surface area contributed by atoms with Crippen LogP contribution in [0.2, 0.25) is 0 Å². The third-order valence-corrected chi connectivity index (χ3v) is 7.08. The van der Waals surface area contributed by atoms with Gasteiger partial charge in [0.1, 0.15) is 4.88 Å². The molecule has 4 atom stereocenters. The molecule has 1 heterocycles. The van der Waals surface area contributed by atoms with E-state index in [2.05, 4.69) is 6.92 Å². The van der Waals surface area contributed by atoms with Crippen molar-refractivity contribution in [1.29, 1.82) is 0 Å². The van der Waals surface area contributed by atoms with Crippen LogP contribution in [0.5, 0.6) is 0 Å². The van der Waals surface area contributed by atoms with Crippen LogP contribution < -0.4 is 0 Å². The molecule has 2 rings (SSSR count). The van der Waals surface area contributed by atoms with Crippen molar-refractivity contribution in [2.45, 2.75) is 82.6 Å². The number of thiophene rings is 1. The number of carbonyl (C=O) groups is 1. The number of aliphatic hydroxyl groups is 1. The minimum atomic E-state index is -0.848. The molecule has 0 radical (unpaired) electrons. The molecule has 1 aromatic rings. The van der Waals surface area contributed by atoms with E-state index in [9.17, 15) is 9.90 Å². The van der Waals surface area contributed by atoms with E-state index in [4.69, 9.17) is 16.7 Å². The maximum absolute atomic E-state index is 11.0. The number of aromatic carboxylic acids is 1. The van der Waals surface area contributed by atoms with Gasteiger partial charge in [-0.1, -0.05) is 39.0 Å². The molecule has 25 heavy (non-hydrogen) atoms. The first-order valence-electron chi connectivity index (χ1n) is 9.67. The Hall–Kier alpha value is -0.580. The number of alkyl halides is 1. The van der Waals surface area contributed by atoms with Gasteiger partial charge in [-0.3, -0.25) is 0 Å². The minimum absolute atomic E-state index is 0.0774. The zero-order valence-electron chi connectivity index (χ0n) is 15.1. The average Bonchev–Trinajstić information content (AvgIpc) is 3.14. The predicted molar refractivity (Wildman–Crippen MR) is 105 cm³/mol. The highest BCUT2D eigenvalue weighted by atomic mass is 35.5. The lowest BCUT2D eigenvalue weighted by Crippen LogP contribution is -2.21. The van der Waals surface area contributed by atoms with Gasteiger partial charge in [0, 0.05) is 10.3 Å². The molecule has 0 aliphatic heterocycles. The van der Waals surface area contributed by atoms with E-state index >= 15 is 0 Å². The normalized spacial score (nSPS) is 26.2. The molecule has 1 aromatic heterocycles. The molecule has 3 nitrogen and oxygen atoms in total. The van der Waals surface area contributed by atoms with Crippen molar-refractivity contribution in [3.8, 4) is 0 Å². The van der Waals surface area contributed by atoms with Gasteiger partial charge in [-0.25, -0.2) is 4.79 Å². The van der Waals surface area contributed by atoms with Gasteiger partial charge < -0.3 is 10.2 Å². The summed E-state index contributed by atoms with van der Waals surface area (Å²) in [7, 11) is 0. The van der Waals surface area contributed by atoms with Gasteiger partial charge in [-0.2, -0.15) is 0 Å². The predicted octanol–water partition coefficient (Wildman–Crippen LogP) is 5.73. The summed E-state index contributed by atoms with van der Waals surface area (Å²) in [6, 6.07) is 3.60. The smallest absolute Gasteiger partial charge is 0.345 e. The minimum Gasteiger partial charge on any atom is -0.477 e. The molecule has 5 heteroatoms. The second-order valence-corrected chi connectivity index (χ2v) is 9.04. The lowest BCUT2D eigenvalue weighted by Gasteiger charge is -2.23. The van der Waals surface area contributed by atoms with Gasteiger partial charge in [0.2, 0.25) is 0 Å². The number of hydrogen-bond donors (Lipinski definition) is 2. The van der Waals surface area contributed by atoms with E-state index in [0.717, 1.165) is 30.6 Å². The Bertz CT molecular complexity index is 531. The molecule has 0 saturated heterocycles. The average molecular weight is 387 g/mol. The summed E-state index contributed by atoms with van der Waals surface area (Å²) in [5.41, 5.74) is 0. The van der Waals surface area contributed by atoms with Crippen LogP contribution in [0.15, 0.2) is 12.1 Å². The van der Waals surface area contributed by atoms with Gasteiger partial charge in [0.15, 0.2) is 0 Å². The van der Waals surface area contributed by atoms with Gasteiger partial charge in [-0.15, -0.1) is 22.9 Å². The Balaban J connectivity index is 1.77. The lowest BCUT2D eigenvalue weighted by molar-refractivity contribution is 0.0702. The Morgan fingerprint density at radius 1 is 1.16 bits per heavy atom. The third kappa shape index (κ3) is 6.26. The molecular weight excluding hydrogens is 356 g/mol. The molecule has 142 valence electrons. The summed E-state index contributed by atoms with van der Waals surface area (Å²) >= 11 is 7.89. The number of aryl methyl sites for hydroxylation is 1. The number of carboxylic acid groups (broad SMARTS) is 1. The molecule has 0 unspecified atom stereocenters. The molecule has 1 aliphatic rings. The standard InChI is InChI=1S/C20H31ClO3S/c1-2-3-4-5-6-9-16-15(17(21)13-18(16)22)10-7-8-14-11-12-19(25-14)20(23)24/h11-12,15-18,22H,2-10,13H2,1H3,(H,23,24)/t15-,16-,17+,18-/m1/s1. The molecule has 1 aliphatic carbocycles. The quantitative estimate of drug-likeness (QED) is 0.377. The van der Waals surface area contributed by atoms with Crippen LogP contribution in [-0.2, 0) is 6.42 Å². The number of aliphatic hydroxyl groups excluding tert-OH is 1. The van der Waals surface area contributed by atoms with Crippen molar-refractivity contribution < 1.29 is 15.0 Å². The van der Waals surface area contributed by atoms with Crippen molar-refractivity contribution >= 4 is 28.9 Å². The van der Waals surface area contributed by atoms with Gasteiger partial charge in [-0.05, 0) is 56.1 Å². The molecule has 1 saturated carbocycles. The summed E-state index contributed by atoms with van der Waals surface area (Å²) in [6.07, 6.45) is 10.8. The maximum Gasteiger partial charge on any atom is 0.345 e. The van der Waals surface area contributed by atoms with E-state index in [0.29, 0.717) is 23.1 Å². The first kappa shape index (κ1) is 20.7. The first-order valence-corrected chi connectivity index (χ1v) is 10.9. The summed E-state index contributed by atoms with van der Waals surface area (Å²) in [5.74, 6) is -0.122. The zero-order chi connectivity index (χ0) is 18.2. The molecule has 1 fully saturated rings. The van der Waals surface area contributed by atoms with Crippen molar-refractivity contribution in [2.75, 3.05) is 0 Å². The van der Waals surface area contributed by atoms with Crippen molar-refractivity contribution in [2.24, 2.45) is 11.8 Å². The number of carboxylic acids is 1. The van der Waals surface area contributed by atoms with Gasteiger partial charge in [0.25, 0.3) is 0 Å². The Labute approximate surface area is 160 Å². The van der Waals surface area contributed by atoms with Crippen molar-refractivity contribution in [1.82, 2.24) is 0 Å². The topological polar surface area (TPSA) is 57.5 Å². The van der Waals surface area contributed by atoms with Crippen LogP contribution in [0.4, 0.5) is 0 Å². The third-order valence-electron chi connectivity index (χ3n) is 5.45. The van der Waals surface area contributed by atoms with E-state index < -0.39 is 5.97 Å². The molecule has 0 amide bonds. The van der Waals surface area contributed by atoms with Crippen LogP contribution in [0.25, 0.3) is 0 Å². The summed E-state index contributed by atoms with van der Waals surface area (Å²) in [4.78, 5) is 12.5. The monoisotopic (exact) mass is 386 g/mol. The molecular formula is C20H31ClO3S. The SMILES string of the molecule is CCCCCCC[C@@H]1[C@@H](CCCc2ccc(C(=O)O)s2)[C@@H](Cl)C[C@H]1O.